The lowest BCUT2D eigenvalue weighted by atomic mass is 10.1. The van der Waals surface area contributed by atoms with Gasteiger partial charge in [-0.25, -0.2) is 4.98 Å². The molecule has 7 heteroatoms. The summed E-state index contributed by atoms with van der Waals surface area (Å²) in [5.41, 5.74) is 2.13. The fourth-order valence-electron chi connectivity index (χ4n) is 3.52. The van der Waals surface area contributed by atoms with Crippen molar-refractivity contribution in [2.45, 2.75) is 13.0 Å². The van der Waals surface area contributed by atoms with Crippen LogP contribution < -0.4 is 20.3 Å². The molecule has 162 valence electrons. The van der Waals surface area contributed by atoms with Crippen LogP contribution in [0.2, 0.25) is 0 Å². The molecule has 0 saturated carbocycles. The number of carbonyl (C=O) groups is 1. The summed E-state index contributed by atoms with van der Waals surface area (Å²) in [6, 6.07) is 19.6. The minimum Gasteiger partial charge on any atom is -0.497 e. The van der Waals surface area contributed by atoms with Crippen molar-refractivity contribution in [3.05, 3.63) is 94.5 Å². The highest BCUT2D eigenvalue weighted by Gasteiger charge is 2.15. The largest absolute Gasteiger partial charge is 0.497 e. The first-order chi connectivity index (χ1) is 15.5. The third-order valence-corrected chi connectivity index (χ3v) is 5.31. The van der Waals surface area contributed by atoms with Gasteiger partial charge in [0.15, 0.2) is 0 Å². The van der Waals surface area contributed by atoms with Gasteiger partial charge in [0.05, 0.1) is 36.9 Å². The molecule has 0 aliphatic heterocycles. The van der Waals surface area contributed by atoms with Crippen LogP contribution in [0.4, 0.5) is 0 Å². The maximum absolute atomic E-state index is 13.2. The minimum absolute atomic E-state index is 0.152. The molecule has 32 heavy (non-hydrogen) atoms. The monoisotopic (exact) mass is 429 g/mol. The normalized spacial score (nSPS) is 11.7. The molecule has 0 aliphatic carbocycles. The average Bonchev–Trinajstić information content (AvgIpc) is 2.84. The second kappa shape index (κ2) is 8.93. The van der Waals surface area contributed by atoms with E-state index in [1.54, 1.807) is 43.5 Å². The topological polar surface area (TPSA) is 82.4 Å². The van der Waals surface area contributed by atoms with Gasteiger partial charge < -0.3 is 14.8 Å². The van der Waals surface area contributed by atoms with Crippen molar-refractivity contribution in [1.82, 2.24) is 14.9 Å². The highest BCUT2D eigenvalue weighted by atomic mass is 16.5. The fourth-order valence-corrected chi connectivity index (χ4v) is 3.52. The molecule has 1 atom stereocenters. The van der Waals surface area contributed by atoms with Gasteiger partial charge in [-0.15, -0.1) is 0 Å². The standard InChI is InChI=1S/C25H23N3O4/c1-16(17-7-5-4-6-8-17)27-24(29)18-9-11-20-21(13-18)26-15-28(25(20)30)22-14-19(31-2)10-12-23(22)32-3/h4-16H,1-3H3,(H,27,29)/t16-/m0/s1. The predicted molar refractivity (Wildman–Crippen MR) is 123 cm³/mol. The third kappa shape index (κ3) is 4.05. The van der Waals surface area contributed by atoms with E-state index in [1.807, 2.05) is 37.3 Å². The first-order valence-corrected chi connectivity index (χ1v) is 10.1. The number of amides is 1. The van der Waals surface area contributed by atoms with Crippen molar-refractivity contribution < 1.29 is 14.3 Å². The molecule has 0 saturated heterocycles. The molecule has 1 N–H and O–H groups in total. The minimum atomic E-state index is -0.272. The second-order valence-electron chi connectivity index (χ2n) is 7.30. The molecule has 0 bridgehead atoms. The van der Waals surface area contributed by atoms with Crippen molar-refractivity contribution in [1.29, 1.82) is 0 Å². The number of benzene rings is 3. The van der Waals surface area contributed by atoms with Crippen LogP contribution in [0, 0.1) is 0 Å². The van der Waals surface area contributed by atoms with Crippen LogP contribution in [-0.2, 0) is 0 Å². The Morgan fingerprint density at radius 2 is 1.78 bits per heavy atom. The number of nitrogens with one attached hydrogen (secondary N) is 1. The summed E-state index contributed by atoms with van der Waals surface area (Å²) in [5.74, 6) is 0.871. The van der Waals surface area contributed by atoms with Crippen LogP contribution in [0.5, 0.6) is 11.5 Å². The summed E-state index contributed by atoms with van der Waals surface area (Å²) >= 11 is 0. The Morgan fingerprint density at radius 3 is 2.50 bits per heavy atom. The zero-order valence-electron chi connectivity index (χ0n) is 18.0. The lowest BCUT2D eigenvalue weighted by Gasteiger charge is -2.15. The summed E-state index contributed by atoms with van der Waals surface area (Å²) < 4.78 is 12.1. The van der Waals surface area contributed by atoms with E-state index in [1.165, 1.54) is 18.0 Å². The van der Waals surface area contributed by atoms with Crippen LogP contribution in [0.3, 0.4) is 0 Å². The quantitative estimate of drug-likeness (QED) is 0.503. The van der Waals surface area contributed by atoms with Gasteiger partial charge in [0, 0.05) is 11.6 Å². The molecule has 0 radical (unpaired) electrons. The molecular formula is C25H23N3O4. The molecule has 1 aromatic heterocycles. The number of hydrogen-bond donors (Lipinski definition) is 1. The Balaban J connectivity index is 1.67. The maximum Gasteiger partial charge on any atom is 0.265 e. The molecule has 0 spiro atoms. The molecule has 7 nitrogen and oxygen atoms in total. The van der Waals surface area contributed by atoms with E-state index in [-0.39, 0.29) is 17.5 Å². The van der Waals surface area contributed by atoms with E-state index >= 15 is 0 Å². The van der Waals surface area contributed by atoms with Gasteiger partial charge in [-0.3, -0.25) is 14.2 Å². The van der Waals surface area contributed by atoms with Crippen LogP contribution in [-0.4, -0.2) is 29.7 Å². The number of carbonyl (C=O) groups excluding carboxylic acids is 1. The zero-order valence-corrected chi connectivity index (χ0v) is 18.0. The summed E-state index contributed by atoms with van der Waals surface area (Å²) in [6.45, 7) is 1.92. The number of methoxy groups -OCH3 is 2. The number of rotatable bonds is 6. The molecule has 4 aromatic rings. The van der Waals surface area contributed by atoms with E-state index in [2.05, 4.69) is 10.3 Å². The first kappa shape index (κ1) is 21.1. The number of hydrogen-bond acceptors (Lipinski definition) is 5. The maximum atomic E-state index is 13.2. The molecule has 0 aliphatic rings. The van der Waals surface area contributed by atoms with Crippen molar-refractivity contribution in [2.75, 3.05) is 14.2 Å². The Hall–Kier alpha value is -4.13. The van der Waals surface area contributed by atoms with Gasteiger partial charge in [0.1, 0.15) is 17.8 Å². The summed E-state index contributed by atoms with van der Waals surface area (Å²) in [6.07, 6.45) is 1.43. The Labute approximate surface area is 185 Å². The zero-order chi connectivity index (χ0) is 22.7. The molecule has 1 amide bonds. The smallest absolute Gasteiger partial charge is 0.265 e. The Kier molecular flexibility index (Phi) is 5.89. The molecule has 1 heterocycles. The lowest BCUT2D eigenvalue weighted by Crippen LogP contribution is -2.27. The number of aromatic nitrogens is 2. The van der Waals surface area contributed by atoms with E-state index < -0.39 is 0 Å². The highest BCUT2D eigenvalue weighted by Crippen LogP contribution is 2.27. The Morgan fingerprint density at radius 1 is 1.00 bits per heavy atom. The summed E-state index contributed by atoms with van der Waals surface area (Å²) in [7, 11) is 3.09. The van der Waals surface area contributed by atoms with Gasteiger partial charge in [0.2, 0.25) is 0 Å². The van der Waals surface area contributed by atoms with Crippen LogP contribution in [0.25, 0.3) is 16.6 Å². The molecule has 0 fully saturated rings. The average molecular weight is 429 g/mol. The third-order valence-electron chi connectivity index (χ3n) is 5.31. The summed E-state index contributed by atoms with van der Waals surface area (Å²) in [5, 5.41) is 3.37. The summed E-state index contributed by atoms with van der Waals surface area (Å²) in [4.78, 5) is 30.3. The number of fused-ring (bicyclic) bond motifs is 1. The van der Waals surface area contributed by atoms with Gasteiger partial charge >= 0.3 is 0 Å². The first-order valence-electron chi connectivity index (χ1n) is 10.1. The second-order valence-corrected chi connectivity index (χ2v) is 7.30. The number of ether oxygens (including phenoxy) is 2. The van der Waals surface area contributed by atoms with Crippen LogP contribution in [0.15, 0.2) is 77.9 Å². The van der Waals surface area contributed by atoms with E-state index in [0.29, 0.717) is 33.7 Å². The van der Waals surface area contributed by atoms with E-state index in [9.17, 15) is 9.59 Å². The van der Waals surface area contributed by atoms with Crippen molar-refractivity contribution in [3.8, 4) is 17.2 Å². The van der Waals surface area contributed by atoms with Crippen molar-refractivity contribution >= 4 is 16.8 Å². The van der Waals surface area contributed by atoms with Crippen molar-refractivity contribution in [3.63, 3.8) is 0 Å². The van der Waals surface area contributed by atoms with Crippen LogP contribution >= 0.6 is 0 Å². The highest BCUT2D eigenvalue weighted by molar-refractivity contribution is 5.97. The van der Waals surface area contributed by atoms with Gasteiger partial charge in [-0.05, 0) is 42.8 Å². The fraction of sp³-hybridized carbons (Fsp3) is 0.160. The van der Waals surface area contributed by atoms with Gasteiger partial charge in [-0.2, -0.15) is 0 Å². The van der Waals surface area contributed by atoms with Crippen LogP contribution in [0.1, 0.15) is 28.9 Å². The molecule has 0 unspecified atom stereocenters. The van der Waals surface area contributed by atoms with Crippen molar-refractivity contribution in [2.24, 2.45) is 0 Å². The predicted octanol–water partition coefficient (Wildman–Crippen LogP) is 3.89. The van der Waals surface area contributed by atoms with Gasteiger partial charge in [0.25, 0.3) is 11.5 Å². The van der Waals surface area contributed by atoms with E-state index in [0.717, 1.165) is 5.56 Å². The molecule has 3 aromatic carbocycles. The molecule has 4 rings (SSSR count). The SMILES string of the molecule is COc1ccc(OC)c(-n2cnc3cc(C(=O)N[C@@H](C)c4ccccc4)ccc3c2=O)c1. The number of nitrogens with zero attached hydrogens (tertiary/aromatic N) is 2. The Bertz CT molecular complexity index is 1330. The molecular weight excluding hydrogens is 406 g/mol. The lowest BCUT2D eigenvalue weighted by molar-refractivity contribution is 0.0940. The van der Waals surface area contributed by atoms with E-state index in [4.69, 9.17) is 9.47 Å². The van der Waals surface area contributed by atoms with Gasteiger partial charge in [-0.1, -0.05) is 30.3 Å².